The van der Waals surface area contributed by atoms with E-state index in [9.17, 15) is 0 Å². The molecule has 0 atom stereocenters. The standard InChI is InChI=1S/C9H12ClN.ClH/c1-6-3-4-7(2)9(11)8(6)5-10;/h3-4H,5,11H2,1-2H3;1H. The summed E-state index contributed by atoms with van der Waals surface area (Å²) in [4.78, 5) is 0. The molecule has 0 heterocycles. The van der Waals surface area contributed by atoms with E-state index in [0.717, 1.165) is 16.8 Å². The first kappa shape index (κ1) is 11.6. The molecule has 0 aromatic heterocycles. The Labute approximate surface area is 84.3 Å². The molecule has 1 nitrogen and oxygen atoms in total. The van der Waals surface area contributed by atoms with Gasteiger partial charge >= 0.3 is 0 Å². The smallest absolute Gasteiger partial charge is 0.0497 e. The Morgan fingerprint density at radius 1 is 1.25 bits per heavy atom. The molecule has 1 aromatic carbocycles. The van der Waals surface area contributed by atoms with E-state index in [0.29, 0.717) is 5.88 Å². The molecule has 0 aliphatic heterocycles. The van der Waals surface area contributed by atoms with Gasteiger partial charge in [-0.25, -0.2) is 0 Å². The minimum atomic E-state index is 0. The molecule has 0 unspecified atom stereocenters. The summed E-state index contributed by atoms with van der Waals surface area (Å²) >= 11 is 5.73. The number of hydrogen-bond donors (Lipinski definition) is 1. The number of halogens is 2. The zero-order valence-electron chi connectivity index (χ0n) is 7.23. The minimum Gasteiger partial charge on any atom is -0.398 e. The highest BCUT2D eigenvalue weighted by atomic mass is 35.5. The third kappa shape index (κ3) is 2.05. The number of benzene rings is 1. The van der Waals surface area contributed by atoms with Crippen molar-refractivity contribution in [1.82, 2.24) is 0 Å². The first-order chi connectivity index (χ1) is 5.16. The zero-order chi connectivity index (χ0) is 8.43. The Bertz CT molecular complexity index is 271. The van der Waals surface area contributed by atoms with Crippen molar-refractivity contribution in [3.8, 4) is 0 Å². The van der Waals surface area contributed by atoms with Gasteiger partial charge in [-0.05, 0) is 30.5 Å². The van der Waals surface area contributed by atoms with Crippen LogP contribution in [0.15, 0.2) is 12.1 Å². The van der Waals surface area contributed by atoms with E-state index in [2.05, 4.69) is 0 Å². The van der Waals surface area contributed by atoms with Crippen LogP contribution in [0.5, 0.6) is 0 Å². The van der Waals surface area contributed by atoms with Gasteiger partial charge in [0.25, 0.3) is 0 Å². The molecular weight excluding hydrogens is 193 g/mol. The number of rotatable bonds is 1. The van der Waals surface area contributed by atoms with Gasteiger partial charge < -0.3 is 5.73 Å². The van der Waals surface area contributed by atoms with Crippen molar-refractivity contribution in [2.75, 3.05) is 5.73 Å². The van der Waals surface area contributed by atoms with E-state index in [-0.39, 0.29) is 12.4 Å². The molecule has 2 N–H and O–H groups in total. The SMILES string of the molecule is Cc1ccc(C)c(CCl)c1N.Cl. The Hall–Kier alpha value is -0.400. The highest BCUT2D eigenvalue weighted by Gasteiger charge is 2.03. The van der Waals surface area contributed by atoms with E-state index in [4.69, 9.17) is 17.3 Å². The van der Waals surface area contributed by atoms with E-state index in [1.54, 1.807) is 0 Å². The fraction of sp³-hybridized carbons (Fsp3) is 0.333. The number of alkyl halides is 1. The monoisotopic (exact) mass is 205 g/mol. The van der Waals surface area contributed by atoms with Gasteiger partial charge in [0.15, 0.2) is 0 Å². The van der Waals surface area contributed by atoms with E-state index >= 15 is 0 Å². The lowest BCUT2D eigenvalue weighted by molar-refractivity contribution is 1.27. The van der Waals surface area contributed by atoms with Crippen LogP contribution < -0.4 is 5.73 Å². The molecule has 0 saturated carbocycles. The maximum atomic E-state index is 5.81. The van der Waals surface area contributed by atoms with Crippen LogP contribution >= 0.6 is 24.0 Å². The number of nitrogen functional groups attached to an aromatic ring is 1. The largest absolute Gasteiger partial charge is 0.398 e. The van der Waals surface area contributed by atoms with Gasteiger partial charge in [0.05, 0.1) is 0 Å². The van der Waals surface area contributed by atoms with Crippen LogP contribution in [-0.2, 0) is 5.88 Å². The summed E-state index contributed by atoms with van der Waals surface area (Å²) < 4.78 is 0. The quantitative estimate of drug-likeness (QED) is 0.554. The second kappa shape index (κ2) is 4.58. The lowest BCUT2D eigenvalue weighted by Crippen LogP contribution is -1.97. The summed E-state index contributed by atoms with van der Waals surface area (Å²) in [6.45, 7) is 4.01. The molecule has 0 saturated heterocycles. The first-order valence-corrected chi connectivity index (χ1v) is 4.10. The van der Waals surface area contributed by atoms with Crippen molar-refractivity contribution in [3.63, 3.8) is 0 Å². The van der Waals surface area contributed by atoms with Gasteiger partial charge in [-0.2, -0.15) is 0 Å². The van der Waals surface area contributed by atoms with Crippen molar-refractivity contribution in [3.05, 3.63) is 28.8 Å². The molecule has 0 amide bonds. The lowest BCUT2D eigenvalue weighted by Gasteiger charge is -2.08. The number of nitrogens with two attached hydrogens (primary N) is 1. The van der Waals surface area contributed by atoms with Gasteiger partial charge in [-0.1, -0.05) is 12.1 Å². The molecule has 0 bridgehead atoms. The highest BCUT2D eigenvalue weighted by Crippen LogP contribution is 2.22. The molecule has 12 heavy (non-hydrogen) atoms. The summed E-state index contributed by atoms with van der Waals surface area (Å²) in [5.74, 6) is 0.499. The second-order valence-corrected chi connectivity index (χ2v) is 2.99. The third-order valence-electron chi connectivity index (χ3n) is 1.94. The predicted octanol–water partition coefficient (Wildman–Crippen LogP) is 3.05. The van der Waals surface area contributed by atoms with Crippen LogP contribution in [0.1, 0.15) is 16.7 Å². The maximum Gasteiger partial charge on any atom is 0.0497 e. The van der Waals surface area contributed by atoms with Crippen molar-refractivity contribution in [1.29, 1.82) is 0 Å². The van der Waals surface area contributed by atoms with Gasteiger partial charge in [0, 0.05) is 11.6 Å². The summed E-state index contributed by atoms with van der Waals surface area (Å²) in [7, 11) is 0. The van der Waals surface area contributed by atoms with Gasteiger partial charge in [-0.3, -0.25) is 0 Å². The summed E-state index contributed by atoms with van der Waals surface area (Å²) in [5, 5.41) is 0. The lowest BCUT2D eigenvalue weighted by atomic mass is 10.0. The van der Waals surface area contributed by atoms with E-state index in [1.165, 1.54) is 5.56 Å². The fourth-order valence-corrected chi connectivity index (χ4v) is 1.42. The fourth-order valence-electron chi connectivity index (χ4n) is 1.07. The highest BCUT2D eigenvalue weighted by molar-refractivity contribution is 6.17. The maximum absolute atomic E-state index is 5.81. The topological polar surface area (TPSA) is 26.0 Å². The summed E-state index contributed by atoms with van der Waals surface area (Å²) in [5.41, 5.74) is 9.98. The van der Waals surface area contributed by atoms with Gasteiger partial charge in [0.2, 0.25) is 0 Å². The predicted molar refractivity (Wildman–Crippen MR) is 57.1 cm³/mol. The van der Waals surface area contributed by atoms with Crippen molar-refractivity contribution in [2.45, 2.75) is 19.7 Å². The van der Waals surface area contributed by atoms with Crippen LogP contribution in [0.4, 0.5) is 5.69 Å². The summed E-state index contributed by atoms with van der Waals surface area (Å²) in [6.07, 6.45) is 0. The zero-order valence-corrected chi connectivity index (χ0v) is 8.80. The number of aryl methyl sites for hydroxylation is 2. The summed E-state index contributed by atoms with van der Waals surface area (Å²) in [6, 6.07) is 4.06. The average molecular weight is 206 g/mol. The number of hydrogen-bond acceptors (Lipinski definition) is 1. The van der Waals surface area contributed by atoms with Crippen molar-refractivity contribution >= 4 is 29.7 Å². The van der Waals surface area contributed by atoms with Crippen molar-refractivity contribution < 1.29 is 0 Å². The van der Waals surface area contributed by atoms with Crippen LogP contribution in [-0.4, -0.2) is 0 Å². The van der Waals surface area contributed by atoms with Crippen LogP contribution in [0.25, 0.3) is 0 Å². The minimum absolute atomic E-state index is 0. The van der Waals surface area contributed by atoms with Crippen LogP contribution in [0.2, 0.25) is 0 Å². The normalized spacial score (nSPS) is 9.25. The molecule has 0 aliphatic carbocycles. The van der Waals surface area contributed by atoms with Crippen molar-refractivity contribution in [2.24, 2.45) is 0 Å². The average Bonchev–Trinajstić information content (AvgIpc) is 1.99. The third-order valence-corrected chi connectivity index (χ3v) is 2.21. The van der Waals surface area contributed by atoms with Crippen LogP contribution in [0.3, 0.4) is 0 Å². The molecule has 1 rings (SSSR count). The Balaban J connectivity index is 0.00000121. The van der Waals surface area contributed by atoms with Gasteiger partial charge in [-0.15, -0.1) is 24.0 Å². The molecule has 0 aliphatic rings. The molecule has 0 radical (unpaired) electrons. The Kier molecular flexibility index (Phi) is 4.43. The molecular formula is C9H13Cl2N. The molecule has 0 spiro atoms. The molecule has 3 heteroatoms. The molecule has 0 fully saturated rings. The van der Waals surface area contributed by atoms with E-state index in [1.807, 2.05) is 26.0 Å². The Morgan fingerprint density at radius 3 is 2.17 bits per heavy atom. The molecule has 68 valence electrons. The van der Waals surface area contributed by atoms with Gasteiger partial charge in [0.1, 0.15) is 0 Å². The first-order valence-electron chi connectivity index (χ1n) is 3.57. The Morgan fingerprint density at radius 2 is 1.75 bits per heavy atom. The molecule has 1 aromatic rings. The number of anilines is 1. The van der Waals surface area contributed by atoms with E-state index < -0.39 is 0 Å². The second-order valence-electron chi connectivity index (χ2n) is 2.73. The van der Waals surface area contributed by atoms with Crippen LogP contribution in [0, 0.1) is 13.8 Å².